The highest BCUT2D eigenvalue weighted by molar-refractivity contribution is 7.92. The summed E-state index contributed by atoms with van der Waals surface area (Å²) in [5.41, 5.74) is -0.562. The number of nitrogens with zero attached hydrogens (tertiary/aromatic N) is 3. The number of sulfonamides is 1. The average molecular weight is 420 g/mol. The summed E-state index contributed by atoms with van der Waals surface area (Å²) in [5.74, 6) is 0.134. The summed E-state index contributed by atoms with van der Waals surface area (Å²) in [5, 5.41) is 0. The number of carbonyl (C=O) groups is 1. The third-order valence-electron chi connectivity index (χ3n) is 3.99. The predicted molar refractivity (Wildman–Crippen MR) is 106 cm³/mol. The first kappa shape index (κ1) is 20.8. The van der Waals surface area contributed by atoms with E-state index in [1.54, 1.807) is 23.1 Å². The molecule has 29 heavy (non-hydrogen) atoms. The van der Waals surface area contributed by atoms with Crippen molar-refractivity contribution in [3.05, 3.63) is 42.6 Å². The summed E-state index contributed by atoms with van der Waals surface area (Å²) >= 11 is 0. The first-order valence-corrected chi connectivity index (χ1v) is 10.7. The summed E-state index contributed by atoms with van der Waals surface area (Å²) in [6.07, 6.45) is 1.37. The van der Waals surface area contributed by atoms with Crippen molar-refractivity contribution in [2.75, 3.05) is 17.8 Å². The van der Waals surface area contributed by atoms with Crippen LogP contribution in [0.3, 0.4) is 0 Å². The Morgan fingerprint density at radius 3 is 2.62 bits per heavy atom. The first-order chi connectivity index (χ1) is 13.6. The van der Waals surface area contributed by atoms with E-state index in [-0.39, 0.29) is 28.9 Å². The van der Waals surface area contributed by atoms with Crippen molar-refractivity contribution in [3.8, 4) is 5.88 Å². The molecule has 3 rings (SSSR count). The van der Waals surface area contributed by atoms with Gasteiger partial charge >= 0.3 is 6.09 Å². The van der Waals surface area contributed by atoms with Crippen LogP contribution >= 0.6 is 0 Å². The highest BCUT2D eigenvalue weighted by Gasteiger charge is 2.31. The Labute approximate surface area is 170 Å². The van der Waals surface area contributed by atoms with E-state index < -0.39 is 15.6 Å². The topological polar surface area (TPSA) is 111 Å². The highest BCUT2D eigenvalue weighted by Crippen LogP contribution is 2.20. The van der Waals surface area contributed by atoms with Gasteiger partial charge in [0.2, 0.25) is 11.8 Å². The van der Waals surface area contributed by atoms with Gasteiger partial charge in [0.15, 0.2) is 0 Å². The number of aromatic nitrogens is 2. The number of likely N-dealkylation sites (tertiary alicyclic amines) is 1. The summed E-state index contributed by atoms with van der Waals surface area (Å²) in [6, 6.07) is 9.48. The number of nitrogens with one attached hydrogen (secondary N) is 1. The molecular formula is C19H24N4O5S. The van der Waals surface area contributed by atoms with Crippen LogP contribution < -0.4 is 9.46 Å². The van der Waals surface area contributed by atoms with Crippen LogP contribution in [0.15, 0.2) is 47.5 Å². The minimum atomic E-state index is -3.79. The zero-order chi connectivity index (χ0) is 21.1. The molecule has 0 saturated carbocycles. The molecule has 10 heteroatoms. The lowest BCUT2D eigenvalue weighted by Gasteiger charge is -2.24. The Bertz CT molecular complexity index is 960. The van der Waals surface area contributed by atoms with Gasteiger partial charge < -0.3 is 14.4 Å². The molecule has 0 spiro atoms. The average Bonchev–Trinajstić information content (AvgIpc) is 3.10. The molecule has 1 aliphatic rings. The van der Waals surface area contributed by atoms with Crippen molar-refractivity contribution in [1.82, 2.24) is 14.9 Å². The standard InChI is InChI=1S/C19H24N4O5S/c1-19(2,3)28-18(24)23-12-10-14(13-23)27-16-9-11-20-17(21-16)22-29(25,26)15-7-5-4-6-8-15/h4-9,11,14H,10,12-13H2,1-3H3,(H,20,21,22). The van der Waals surface area contributed by atoms with E-state index in [1.807, 2.05) is 20.8 Å². The van der Waals surface area contributed by atoms with Crippen LogP contribution in [0.1, 0.15) is 27.2 Å². The predicted octanol–water partition coefficient (Wildman–Crippen LogP) is 2.67. The highest BCUT2D eigenvalue weighted by atomic mass is 32.2. The number of hydrogen-bond acceptors (Lipinski definition) is 7. The quantitative estimate of drug-likeness (QED) is 0.791. The zero-order valence-corrected chi connectivity index (χ0v) is 17.3. The SMILES string of the molecule is CC(C)(C)OC(=O)N1CCC(Oc2ccnc(NS(=O)(=O)c3ccccc3)n2)C1. The van der Waals surface area contributed by atoms with Crippen LogP contribution in [0.2, 0.25) is 0 Å². The largest absolute Gasteiger partial charge is 0.472 e. The minimum Gasteiger partial charge on any atom is -0.472 e. The second-order valence-electron chi connectivity index (χ2n) is 7.59. The fourth-order valence-corrected chi connectivity index (χ4v) is 3.70. The molecule has 1 amide bonds. The van der Waals surface area contributed by atoms with E-state index in [9.17, 15) is 13.2 Å². The van der Waals surface area contributed by atoms with E-state index in [2.05, 4.69) is 14.7 Å². The van der Waals surface area contributed by atoms with Crippen LogP contribution in [0, 0.1) is 0 Å². The van der Waals surface area contributed by atoms with Crippen LogP contribution in [-0.4, -0.2) is 54.2 Å². The van der Waals surface area contributed by atoms with Crippen molar-refractivity contribution in [2.45, 2.75) is 43.8 Å². The summed E-state index contributed by atoms with van der Waals surface area (Å²) in [6.45, 7) is 6.32. The van der Waals surface area contributed by atoms with Gasteiger partial charge in [0.25, 0.3) is 10.0 Å². The number of anilines is 1. The van der Waals surface area contributed by atoms with Crippen molar-refractivity contribution in [3.63, 3.8) is 0 Å². The van der Waals surface area contributed by atoms with Crippen LogP contribution in [0.5, 0.6) is 5.88 Å². The molecule has 156 valence electrons. The molecule has 1 saturated heterocycles. The number of ether oxygens (including phenoxy) is 2. The Balaban J connectivity index is 1.62. The summed E-state index contributed by atoms with van der Waals surface area (Å²) in [4.78, 5) is 21.9. The molecule has 1 unspecified atom stereocenters. The van der Waals surface area contributed by atoms with Gasteiger partial charge in [-0.2, -0.15) is 4.98 Å². The molecule has 2 heterocycles. The monoisotopic (exact) mass is 420 g/mol. The lowest BCUT2D eigenvalue weighted by Crippen LogP contribution is -2.36. The molecule has 1 N–H and O–H groups in total. The second-order valence-corrected chi connectivity index (χ2v) is 9.27. The Kier molecular flexibility index (Phi) is 5.92. The lowest BCUT2D eigenvalue weighted by atomic mass is 10.2. The number of hydrogen-bond donors (Lipinski definition) is 1. The maximum atomic E-state index is 12.4. The van der Waals surface area contributed by atoms with Gasteiger partial charge in [-0.25, -0.2) is 22.9 Å². The minimum absolute atomic E-state index is 0.0895. The number of rotatable bonds is 5. The van der Waals surface area contributed by atoms with E-state index in [0.29, 0.717) is 19.5 Å². The molecular weight excluding hydrogens is 396 g/mol. The van der Waals surface area contributed by atoms with Gasteiger partial charge in [0.05, 0.1) is 11.4 Å². The van der Waals surface area contributed by atoms with Gasteiger partial charge in [-0.3, -0.25) is 0 Å². The molecule has 0 radical (unpaired) electrons. The fourth-order valence-electron chi connectivity index (χ4n) is 2.72. The maximum Gasteiger partial charge on any atom is 0.410 e. The Morgan fingerprint density at radius 2 is 1.93 bits per heavy atom. The van der Waals surface area contributed by atoms with Crippen molar-refractivity contribution in [2.24, 2.45) is 0 Å². The molecule has 1 aromatic heterocycles. The fraction of sp³-hybridized carbons (Fsp3) is 0.421. The van der Waals surface area contributed by atoms with Gasteiger partial charge in [-0.05, 0) is 32.9 Å². The van der Waals surface area contributed by atoms with Gasteiger partial charge in [-0.15, -0.1) is 0 Å². The number of amides is 1. The first-order valence-electron chi connectivity index (χ1n) is 9.18. The molecule has 1 atom stereocenters. The molecule has 9 nitrogen and oxygen atoms in total. The normalized spacial score (nSPS) is 17.1. The molecule has 2 aromatic rings. The summed E-state index contributed by atoms with van der Waals surface area (Å²) in [7, 11) is -3.79. The van der Waals surface area contributed by atoms with Crippen LogP contribution in [0.4, 0.5) is 10.7 Å². The van der Waals surface area contributed by atoms with Crippen LogP contribution in [0.25, 0.3) is 0 Å². The van der Waals surface area contributed by atoms with Crippen molar-refractivity contribution < 1.29 is 22.7 Å². The zero-order valence-electron chi connectivity index (χ0n) is 16.5. The lowest BCUT2D eigenvalue weighted by molar-refractivity contribution is 0.0275. The smallest absolute Gasteiger partial charge is 0.410 e. The van der Waals surface area contributed by atoms with E-state index in [4.69, 9.17) is 9.47 Å². The van der Waals surface area contributed by atoms with Crippen molar-refractivity contribution >= 4 is 22.1 Å². The molecule has 1 aromatic carbocycles. The van der Waals surface area contributed by atoms with E-state index in [0.717, 1.165) is 0 Å². The Hall–Kier alpha value is -2.88. The number of carbonyl (C=O) groups excluding carboxylic acids is 1. The van der Waals surface area contributed by atoms with Gasteiger partial charge in [-0.1, -0.05) is 18.2 Å². The van der Waals surface area contributed by atoms with Crippen molar-refractivity contribution in [1.29, 1.82) is 0 Å². The number of benzene rings is 1. The molecule has 1 fully saturated rings. The summed E-state index contributed by atoms with van der Waals surface area (Å²) < 4.78 is 38.3. The molecule has 1 aliphatic heterocycles. The van der Waals surface area contributed by atoms with Crippen LogP contribution in [-0.2, 0) is 14.8 Å². The van der Waals surface area contributed by atoms with E-state index in [1.165, 1.54) is 24.4 Å². The van der Waals surface area contributed by atoms with Gasteiger partial charge in [0, 0.05) is 25.2 Å². The van der Waals surface area contributed by atoms with Gasteiger partial charge in [0.1, 0.15) is 11.7 Å². The third kappa shape index (κ3) is 5.80. The molecule has 0 bridgehead atoms. The maximum absolute atomic E-state index is 12.4. The second kappa shape index (κ2) is 8.24. The Morgan fingerprint density at radius 1 is 1.21 bits per heavy atom. The van der Waals surface area contributed by atoms with E-state index >= 15 is 0 Å². The molecule has 0 aliphatic carbocycles. The third-order valence-corrected chi connectivity index (χ3v) is 5.34.